The first kappa shape index (κ1) is 18.4. The summed E-state index contributed by atoms with van der Waals surface area (Å²) < 4.78 is 39.4. The second-order valence-corrected chi connectivity index (χ2v) is 6.41. The predicted octanol–water partition coefficient (Wildman–Crippen LogP) is 4.52. The molecule has 0 unspecified atom stereocenters. The molecule has 3 rings (SSSR count). The fourth-order valence-electron chi connectivity index (χ4n) is 2.77. The van der Waals surface area contributed by atoms with E-state index in [1.807, 2.05) is 0 Å². The summed E-state index contributed by atoms with van der Waals surface area (Å²) in [6.07, 6.45) is -1.56. The highest BCUT2D eigenvalue weighted by molar-refractivity contribution is 6.30. The van der Waals surface area contributed by atoms with Crippen LogP contribution in [-0.2, 0) is 6.18 Å². The van der Waals surface area contributed by atoms with Crippen molar-refractivity contribution in [2.75, 3.05) is 18.4 Å². The van der Waals surface area contributed by atoms with Gasteiger partial charge in [-0.25, -0.2) is 0 Å². The molecule has 1 saturated heterocycles. The van der Waals surface area contributed by atoms with Crippen LogP contribution in [-0.4, -0.2) is 34.1 Å². The number of nitrogens with zero attached hydrogens (tertiary/aromatic N) is 3. The molecule has 0 aliphatic carbocycles. The highest BCUT2D eigenvalue weighted by Gasteiger charge is 2.34. The number of hydrogen-bond donors (Lipinski definition) is 1. The van der Waals surface area contributed by atoms with Crippen molar-refractivity contribution in [3.63, 3.8) is 0 Å². The number of benzene rings is 1. The minimum atomic E-state index is -4.56. The number of carbonyl (C=O) groups is 1. The van der Waals surface area contributed by atoms with Crippen molar-refractivity contribution in [3.8, 4) is 0 Å². The molecule has 0 atom stereocenters. The molecule has 1 N–H and O–H groups in total. The number of likely N-dealkylation sites (tertiary alicyclic amines) is 1. The molecule has 1 aliphatic rings. The summed E-state index contributed by atoms with van der Waals surface area (Å²) >= 11 is 5.66. The van der Waals surface area contributed by atoms with Gasteiger partial charge >= 0.3 is 6.18 Å². The maximum atomic E-state index is 13.1. The third kappa shape index (κ3) is 4.24. The molecule has 0 saturated carbocycles. The zero-order chi connectivity index (χ0) is 18.7. The van der Waals surface area contributed by atoms with Gasteiger partial charge < -0.3 is 10.2 Å². The SMILES string of the molecule is O=C(c1ccc(Nc2ccc(Cl)cc2C(F)(F)F)nn1)N1CCCCC1. The van der Waals surface area contributed by atoms with E-state index in [2.05, 4.69) is 15.5 Å². The molecule has 1 aromatic carbocycles. The van der Waals surface area contributed by atoms with Crippen molar-refractivity contribution in [3.05, 3.63) is 46.6 Å². The summed E-state index contributed by atoms with van der Waals surface area (Å²) in [5, 5.41) is 10.2. The largest absolute Gasteiger partial charge is 0.418 e. The summed E-state index contributed by atoms with van der Waals surface area (Å²) in [7, 11) is 0. The molecule has 2 aromatic rings. The third-order valence-electron chi connectivity index (χ3n) is 4.08. The first-order valence-corrected chi connectivity index (χ1v) is 8.49. The number of halogens is 4. The normalized spacial score (nSPS) is 15.0. The lowest BCUT2D eigenvalue weighted by Gasteiger charge is -2.26. The molecule has 2 heterocycles. The Morgan fingerprint density at radius 1 is 1.08 bits per heavy atom. The molecule has 1 fully saturated rings. The van der Waals surface area contributed by atoms with E-state index in [0.717, 1.165) is 25.3 Å². The highest BCUT2D eigenvalue weighted by Crippen LogP contribution is 2.37. The Morgan fingerprint density at radius 2 is 1.81 bits per heavy atom. The molecule has 1 amide bonds. The van der Waals surface area contributed by atoms with E-state index in [4.69, 9.17) is 11.6 Å². The van der Waals surface area contributed by atoms with Gasteiger partial charge in [-0.2, -0.15) is 13.2 Å². The smallest absolute Gasteiger partial charge is 0.338 e. The minimum absolute atomic E-state index is 0.0172. The van der Waals surface area contributed by atoms with E-state index >= 15 is 0 Å². The standard InChI is InChI=1S/C17H16ClF3N4O/c18-11-4-5-13(12(10-11)17(19,20)21)22-15-7-6-14(23-24-15)16(26)25-8-2-1-3-9-25/h4-7,10H,1-3,8-9H2,(H,22,24). The number of anilines is 2. The topological polar surface area (TPSA) is 58.1 Å². The van der Waals surface area contributed by atoms with Gasteiger partial charge in [-0.3, -0.25) is 4.79 Å². The van der Waals surface area contributed by atoms with Crippen molar-refractivity contribution in [1.29, 1.82) is 0 Å². The lowest BCUT2D eigenvalue weighted by molar-refractivity contribution is -0.136. The lowest BCUT2D eigenvalue weighted by Crippen LogP contribution is -2.36. The van der Waals surface area contributed by atoms with Crippen LogP contribution in [0.2, 0.25) is 5.02 Å². The van der Waals surface area contributed by atoms with Crippen LogP contribution in [0.15, 0.2) is 30.3 Å². The number of hydrogen-bond acceptors (Lipinski definition) is 4. The Morgan fingerprint density at radius 3 is 2.42 bits per heavy atom. The van der Waals surface area contributed by atoms with E-state index < -0.39 is 11.7 Å². The van der Waals surface area contributed by atoms with Crippen molar-refractivity contribution >= 4 is 29.0 Å². The second kappa shape index (κ2) is 7.49. The van der Waals surface area contributed by atoms with Crippen LogP contribution in [0.5, 0.6) is 0 Å². The fourth-order valence-corrected chi connectivity index (χ4v) is 2.94. The van der Waals surface area contributed by atoms with Crippen LogP contribution in [0.25, 0.3) is 0 Å². The van der Waals surface area contributed by atoms with Gasteiger partial charge in [0.1, 0.15) is 0 Å². The fraction of sp³-hybridized carbons (Fsp3) is 0.353. The van der Waals surface area contributed by atoms with Gasteiger partial charge in [0.15, 0.2) is 11.5 Å². The predicted molar refractivity (Wildman–Crippen MR) is 91.5 cm³/mol. The van der Waals surface area contributed by atoms with Crippen LogP contribution in [0.4, 0.5) is 24.7 Å². The second-order valence-electron chi connectivity index (χ2n) is 5.97. The molecule has 1 aliphatic heterocycles. The Labute approximate surface area is 153 Å². The zero-order valence-corrected chi connectivity index (χ0v) is 14.4. The Bertz CT molecular complexity index is 790. The molecule has 1 aromatic heterocycles. The number of rotatable bonds is 3. The van der Waals surface area contributed by atoms with Crippen molar-refractivity contribution in [2.24, 2.45) is 0 Å². The molecule has 0 radical (unpaired) electrons. The maximum Gasteiger partial charge on any atom is 0.418 e. The first-order chi connectivity index (χ1) is 12.3. The van der Waals surface area contributed by atoms with Crippen LogP contribution >= 0.6 is 11.6 Å². The first-order valence-electron chi connectivity index (χ1n) is 8.11. The van der Waals surface area contributed by atoms with Crippen molar-refractivity contribution < 1.29 is 18.0 Å². The van der Waals surface area contributed by atoms with Crippen LogP contribution in [0.1, 0.15) is 35.3 Å². The molecular weight excluding hydrogens is 369 g/mol. The van der Waals surface area contributed by atoms with E-state index in [0.29, 0.717) is 13.1 Å². The molecule has 26 heavy (non-hydrogen) atoms. The lowest BCUT2D eigenvalue weighted by atomic mass is 10.1. The van der Waals surface area contributed by atoms with Gasteiger partial charge in [-0.1, -0.05) is 11.6 Å². The van der Waals surface area contributed by atoms with Crippen LogP contribution in [0.3, 0.4) is 0 Å². The van der Waals surface area contributed by atoms with Gasteiger partial charge in [0.05, 0.1) is 11.3 Å². The summed E-state index contributed by atoms with van der Waals surface area (Å²) in [6.45, 7) is 1.36. The molecule has 138 valence electrons. The van der Waals surface area contributed by atoms with E-state index in [-0.39, 0.29) is 28.1 Å². The highest BCUT2D eigenvalue weighted by atomic mass is 35.5. The monoisotopic (exact) mass is 384 g/mol. The number of carbonyl (C=O) groups excluding carboxylic acids is 1. The molecule has 0 spiro atoms. The van der Waals surface area contributed by atoms with Crippen LogP contribution in [0, 0.1) is 0 Å². The summed E-state index contributed by atoms with van der Waals surface area (Å²) in [4.78, 5) is 14.0. The Hall–Kier alpha value is -2.35. The molecule has 0 bridgehead atoms. The van der Waals surface area contributed by atoms with Gasteiger partial charge in [0.2, 0.25) is 0 Å². The Balaban J connectivity index is 1.77. The Kier molecular flexibility index (Phi) is 5.31. The summed E-state index contributed by atoms with van der Waals surface area (Å²) in [5.74, 6) is -0.112. The number of amides is 1. The number of alkyl halides is 3. The van der Waals surface area contributed by atoms with E-state index in [1.165, 1.54) is 24.3 Å². The number of aromatic nitrogens is 2. The van der Waals surface area contributed by atoms with Gasteiger partial charge in [-0.15, -0.1) is 10.2 Å². The minimum Gasteiger partial charge on any atom is -0.338 e. The average Bonchev–Trinajstić information content (AvgIpc) is 2.63. The molecular formula is C17H16ClF3N4O. The van der Waals surface area contributed by atoms with Crippen LogP contribution < -0.4 is 5.32 Å². The van der Waals surface area contributed by atoms with Gasteiger partial charge in [-0.05, 0) is 49.6 Å². The van der Waals surface area contributed by atoms with E-state index in [9.17, 15) is 18.0 Å². The van der Waals surface area contributed by atoms with Gasteiger partial charge in [0, 0.05) is 18.1 Å². The molecule has 9 heteroatoms. The molecule has 5 nitrogen and oxygen atoms in total. The maximum absolute atomic E-state index is 13.1. The summed E-state index contributed by atoms with van der Waals surface area (Å²) in [6, 6.07) is 6.29. The average molecular weight is 385 g/mol. The quantitative estimate of drug-likeness (QED) is 0.845. The van der Waals surface area contributed by atoms with Crippen molar-refractivity contribution in [1.82, 2.24) is 15.1 Å². The number of piperidine rings is 1. The zero-order valence-electron chi connectivity index (χ0n) is 13.7. The third-order valence-corrected chi connectivity index (χ3v) is 4.31. The van der Waals surface area contributed by atoms with E-state index in [1.54, 1.807) is 4.90 Å². The number of nitrogens with one attached hydrogen (secondary N) is 1. The van der Waals surface area contributed by atoms with Crippen molar-refractivity contribution in [2.45, 2.75) is 25.4 Å². The summed E-state index contributed by atoms with van der Waals surface area (Å²) in [5.41, 5.74) is -0.920. The van der Waals surface area contributed by atoms with Gasteiger partial charge in [0.25, 0.3) is 5.91 Å².